The normalized spacial score (nSPS) is 21.5. The summed E-state index contributed by atoms with van der Waals surface area (Å²) >= 11 is 0. The molecule has 3 N–H and O–H groups in total. The predicted octanol–water partition coefficient (Wildman–Crippen LogP) is 0.735. The number of nitrogens with zero attached hydrogens (tertiary/aromatic N) is 1. The van der Waals surface area contributed by atoms with Crippen LogP contribution in [-0.2, 0) is 4.79 Å². The van der Waals surface area contributed by atoms with Gasteiger partial charge < -0.3 is 15.7 Å². The Labute approximate surface area is 97.8 Å². The lowest BCUT2D eigenvalue weighted by atomic mass is 9.81. The van der Waals surface area contributed by atoms with Crippen LogP contribution in [-0.4, -0.2) is 41.7 Å². The summed E-state index contributed by atoms with van der Waals surface area (Å²) in [4.78, 5) is 14.3. The van der Waals surface area contributed by atoms with Crippen molar-refractivity contribution in [2.75, 3.05) is 19.7 Å². The Morgan fingerprint density at radius 3 is 2.56 bits per heavy atom. The number of aliphatic hydroxyl groups excluding tert-OH is 1. The summed E-state index contributed by atoms with van der Waals surface area (Å²) in [6, 6.07) is 0.0107. The van der Waals surface area contributed by atoms with Crippen molar-refractivity contribution in [1.29, 1.82) is 0 Å². The van der Waals surface area contributed by atoms with Crippen molar-refractivity contribution in [2.45, 2.75) is 45.6 Å². The maximum atomic E-state index is 12.5. The first kappa shape index (κ1) is 13.5. The second-order valence-electron chi connectivity index (χ2n) is 4.67. The average Bonchev–Trinajstić information content (AvgIpc) is 2.79. The van der Waals surface area contributed by atoms with Crippen molar-refractivity contribution in [3.8, 4) is 0 Å². The van der Waals surface area contributed by atoms with E-state index in [4.69, 9.17) is 5.73 Å². The molecule has 1 saturated heterocycles. The lowest BCUT2D eigenvalue weighted by Crippen LogP contribution is -2.50. The first-order chi connectivity index (χ1) is 7.65. The fourth-order valence-corrected chi connectivity index (χ4v) is 2.53. The van der Waals surface area contributed by atoms with E-state index in [9.17, 15) is 9.90 Å². The molecule has 16 heavy (non-hydrogen) atoms. The van der Waals surface area contributed by atoms with Gasteiger partial charge in [0.2, 0.25) is 5.91 Å². The molecule has 1 amide bonds. The molecule has 0 radical (unpaired) electrons. The second kappa shape index (κ2) is 5.64. The molecule has 1 heterocycles. The van der Waals surface area contributed by atoms with Crippen molar-refractivity contribution in [3.05, 3.63) is 0 Å². The summed E-state index contributed by atoms with van der Waals surface area (Å²) in [5.41, 5.74) is 5.36. The molecule has 0 aliphatic carbocycles. The number of rotatable bonds is 5. The minimum Gasteiger partial charge on any atom is -0.394 e. The van der Waals surface area contributed by atoms with Gasteiger partial charge in [0, 0.05) is 13.1 Å². The largest absolute Gasteiger partial charge is 0.394 e. The number of amides is 1. The first-order valence-electron chi connectivity index (χ1n) is 6.27. The third-order valence-electron chi connectivity index (χ3n) is 4.05. The predicted molar refractivity (Wildman–Crippen MR) is 63.9 cm³/mol. The van der Waals surface area contributed by atoms with Crippen LogP contribution in [0.25, 0.3) is 0 Å². The summed E-state index contributed by atoms with van der Waals surface area (Å²) in [5, 5.41) is 9.24. The van der Waals surface area contributed by atoms with E-state index >= 15 is 0 Å². The van der Waals surface area contributed by atoms with E-state index in [1.807, 2.05) is 18.7 Å². The van der Waals surface area contributed by atoms with Crippen LogP contribution in [0.2, 0.25) is 0 Å². The standard InChI is InChI=1S/C12H24N2O2/c1-3-12(4-2,9-13)11(16)14-7-5-6-10(14)8-15/h10,15H,3-9,13H2,1-2H3/t10-/m0/s1. The van der Waals surface area contributed by atoms with Crippen LogP contribution < -0.4 is 5.73 Å². The van der Waals surface area contributed by atoms with Crippen molar-refractivity contribution in [3.63, 3.8) is 0 Å². The van der Waals surface area contributed by atoms with Crippen molar-refractivity contribution in [1.82, 2.24) is 4.90 Å². The summed E-state index contributed by atoms with van der Waals surface area (Å²) in [6.07, 6.45) is 3.45. The highest BCUT2D eigenvalue weighted by Crippen LogP contribution is 2.31. The molecule has 4 nitrogen and oxygen atoms in total. The number of nitrogens with two attached hydrogens (primary N) is 1. The lowest BCUT2D eigenvalue weighted by molar-refractivity contribution is -0.143. The van der Waals surface area contributed by atoms with E-state index in [2.05, 4.69) is 0 Å². The Hall–Kier alpha value is -0.610. The molecule has 1 atom stereocenters. The van der Waals surface area contributed by atoms with Crippen molar-refractivity contribution < 1.29 is 9.90 Å². The second-order valence-corrected chi connectivity index (χ2v) is 4.67. The fourth-order valence-electron chi connectivity index (χ4n) is 2.53. The van der Waals surface area contributed by atoms with E-state index in [1.54, 1.807) is 0 Å². The Morgan fingerprint density at radius 2 is 2.12 bits per heavy atom. The molecule has 0 bridgehead atoms. The van der Waals surface area contributed by atoms with Gasteiger partial charge in [-0.15, -0.1) is 0 Å². The van der Waals surface area contributed by atoms with Crippen LogP contribution in [0.5, 0.6) is 0 Å². The Kier molecular flexibility index (Phi) is 4.74. The maximum Gasteiger partial charge on any atom is 0.230 e. The van der Waals surface area contributed by atoms with Crippen LogP contribution in [0, 0.1) is 5.41 Å². The van der Waals surface area contributed by atoms with Gasteiger partial charge in [0.1, 0.15) is 0 Å². The SMILES string of the molecule is CCC(CC)(CN)C(=O)N1CCC[C@H]1CO. The summed E-state index contributed by atoms with van der Waals surface area (Å²) in [5.74, 6) is 0.136. The van der Waals surface area contributed by atoms with Crippen LogP contribution in [0.1, 0.15) is 39.5 Å². The molecular formula is C12H24N2O2. The lowest BCUT2D eigenvalue weighted by Gasteiger charge is -2.35. The third-order valence-corrected chi connectivity index (χ3v) is 4.05. The van der Waals surface area contributed by atoms with Crippen LogP contribution in [0.15, 0.2) is 0 Å². The molecule has 1 fully saturated rings. The van der Waals surface area contributed by atoms with Gasteiger partial charge in [-0.25, -0.2) is 0 Å². The topological polar surface area (TPSA) is 66.6 Å². The molecular weight excluding hydrogens is 204 g/mol. The van der Waals surface area contributed by atoms with Crippen LogP contribution >= 0.6 is 0 Å². The zero-order chi connectivity index (χ0) is 12.2. The van der Waals surface area contributed by atoms with Gasteiger partial charge in [-0.2, -0.15) is 0 Å². The number of hydrogen-bond donors (Lipinski definition) is 2. The van der Waals surface area contributed by atoms with Gasteiger partial charge in [-0.3, -0.25) is 4.79 Å². The number of likely N-dealkylation sites (tertiary alicyclic amines) is 1. The van der Waals surface area contributed by atoms with E-state index in [1.165, 1.54) is 0 Å². The summed E-state index contributed by atoms with van der Waals surface area (Å²) in [6.45, 7) is 5.26. The quantitative estimate of drug-likeness (QED) is 0.729. The van der Waals surface area contributed by atoms with E-state index in [-0.39, 0.29) is 18.6 Å². The van der Waals surface area contributed by atoms with E-state index < -0.39 is 5.41 Å². The Morgan fingerprint density at radius 1 is 1.50 bits per heavy atom. The van der Waals surface area contributed by atoms with E-state index in [0.717, 1.165) is 32.2 Å². The minimum absolute atomic E-state index is 0.0107. The van der Waals surface area contributed by atoms with Crippen LogP contribution in [0.3, 0.4) is 0 Å². The number of carbonyl (C=O) groups is 1. The zero-order valence-corrected chi connectivity index (χ0v) is 10.4. The summed E-state index contributed by atoms with van der Waals surface area (Å²) in [7, 11) is 0. The number of carbonyl (C=O) groups excluding carboxylic acids is 1. The number of aliphatic hydroxyl groups is 1. The average molecular weight is 228 g/mol. The highest BCUT2D eigenvalue weighted by atomic mass is 16.3. The van der Waals surface area contributed by atoms with Gasteiger partial charge in [0.25, 0.3) is 0 Å². The Bertz CT molecular complexity index is 231. The first-order valence-corrected chi connectivity index (χ1v) is 6.27. The molecule has 94 valence electrons. The molecule has 0 unspecified atom stereocenters. The minimum atomic E-state index is -0.419. The van der Waals surface area contributed by atoms with Gasteiger partial charge in [0.15, 0.2) is 0 Å². The smallest absolute Gasteiger partial charge is 0.230 e. The van der Waals surface area contributed by atoms with E-state index in [0.29, 0.717) is 6.54 Å². The molecule has 4 heteroatoms. The molecule has 1 aliphatic heterocycles. The van der Waals surface area contributed by atoms with Crippen molar-refractivity contribution >= 4 is 5.91 Å². The monoisotopic (exact) mass is 228 g/mol. The molecule has 0 aromatic carbocycles. The van der Waals surface area contributed by atoms with Gasteiger partial charge in [0.05, 0.1) is 18.1 Å². The third kappa shape index (κ3) is 2.23. The molecule has 0 aromatic rings. The molecule has 0 saturated carbocycles. The number of hydrogen-bond acceptors (Lipinski definition) is 3. The summed E-state index contributed by atoms with van der Waals surface area (Å²) < 4.78 is 0. The molecule has 1 aliphatic rings. The zero-order valence-electron chi connectivity index (χ0n) is 10.4. The van der Waals surface area contributed by atoms with Crippen LogP contribution in [0.4, 0.5) is 0 Å². The highest BCUT2D eigenvalue weighted by Gasteiger charge is 2.40. The molecule has 1 rings (SSSR count). The van der Waals surface area contributed by atoms with Gasteiger partial charge in [-0.05, 0) is 25.7 Å². The fraction of sp³-hybridized carbons (Fsp3) is 0.917. The van der Waals surface area contributed by atoms with Gasteiger partial charge >= 0.3 is 0 Å². The molecule has 0 aromatic heterocycles. The Balaban J connectivity index is 2.82. The molecule has 0 spiro atoms. The van der Waals surface area contributed by atoms with Crippen molar-refractivity contribution in [2.24, 2.45) is 11.1 Å². The maximum absolute atomic E-state index is 12.5. The van der Waals surface area contributed by atoms with Gasteiger partial charge in [-0.1, -0.05) is 13.8 Å². The highest BCUT2D eigenvalue weighted by molar-refractivity contribution is 5.83.